The molecule has 0 aliphatic carbocycles. The maximum atomic E-state index is 12.2. The van der Waals surface area contributed by atoms with Crippen LogP contribution >= 0.6 is 0 Å². The first-order valence-electron chi connectivity index (χ1n) is 7.50. The Labute approximate surface area is 125 Å². The number of nitrogens with zero attached hydrogens (tertiary/aromatic N) is 1. The number of hydrogen-bond acceptors (Lipinski definition) is 4. The summed E-state index contributed by atoms with van der Waals surface area (Å²) in [5, 5.41) is 10.2. The monoisotopic (exact) mass is 293 g/mol. The van der Waals surface area contributed by atoms with Crippen LogP contribution in [0.15, 0.2) is 24.3 Å². The van der Waals surface area contributed by atoms with E-state index in [1.165, 1.54) is 4.90 Å². The maximum absolute atomic E-state index is 12.2. The Balaban J connectivity index is 1.88. The van der Waals surface area contributed by atoms with Gasteiger partial charge in [-0.1, -0.05) is 18.2 Å². The van der Waals surface area contributed by atoms with Crippen molar-refractivity contribution < 1.29 is 19.4 Å². The molecule has 5 nitrogen and oxygen atoms in total. The minimum absolute atomic E-state index is 0.109. The van der Waals surface area contributed by atoms with Crippen LogP contribution in [0.5, 0.6) is 0 Å². The minimum Gasteiger partial charge on any atom is -0.369 e. The van der Waals surface area contributed by atoms with E-state index in [0.717, 1.165) is 6.42 Å². The number of amides is 1. The highest BCUT2D eigenvalue weighted by atomic mass is 16.7. The number of rotatable bonds is 8. The van der Waals surface area contributed by atoms with E-state index in [-0.39, 0.29) is 12.2 Å². The Bertz CT molecular complexity index is 471. The van der Waals surface area contributed by atoms with Gasteiger partial charge in [0.15, 0.2) is 12.5 Å². The molecule has 21 heavy (non-hydrogen) atoms. The van der Waals surface area contributed by atoms with Gasteiger partial charge in [0.05, 0.1) is 0 Å². The third-order valence-corrected chi connectivity index (χ3v) is 3.57. The molecule has 0 bridgehead atoms. The van der Waals surface area contributed by atoms with Crippen molar-refractivity contribution in [2.24, 2.45) is 0 Å². The summed E-state index contributed by atoms with van der Waals surface area (Å²) in [6.45, 7) is 5.54. The quantitative estimate of drug-likeness (QED) is 0.747. The number of carbonyl (C=O) groups is 1. The number of benzene rings is 1. The van der Waals surface area contributed by atoms with Gasteiger partial charge in [-0.05, 0) is 26.3 Å². The van der Waals surface area contributed by atoms with Crippen molar-refractivity contribution in [3.63, 3.8) is 0 Å². The Kier molecular flexibility index (Phi) is 5.73. The van der Waals surface area contributed by atoms with Crippen LogP contribution < -0.4 is 0 Å². The molecule has 1 atom stereocenters. The van der Waals surface area contributed by atoms with Gasteiger partial charge in [0.25, 0.3) is 5.91 Å². The molecule has 1 unspecified atom stereocenters. The fourth-order valence-corrected chi connectivity index (χ4v) is 2.59. The van der Waals surface area contributed by atoms with Crippen molar-refractivity contribution in [2.45, 2.75) is 39.2 Å². The fourth-order valence-electron chi connectivity index (χ4n) is 2.59. The molecule has 1 amide bonds. The zero-order valence-electron chi connectivity index (χ0n) is 12.6. The molecular weight excluding hydrogens is 270 g/mol. The average Bonchev–Trinajstić information content (AvgIpc) is 2.73. The zero-order chi connectivity index (χ0) is 15.2. The number of ether oxygens (including phenoxy) is 2. The molecule has 5 heteroatoms. The first kappa shape index (κ1) is 15.9. The third kappa shape index (κ3) is 3.61. The van der Waals surface area contributed by atoms with Crippen molar-refractivity contribution >= 4 is 5.91 Å². The van der Waals surface area contributed by atoms with Crippen molar-refractivity contribution in [2.75, 3.05) is 19.8 Å². The summed E-state index contributed by atoms with van der Waals surface area (Å²) in [6, 6.07) is 7.19. The molecule has 1 aromatic carbocycles. The summed E-state index contributed by atoms with van der Waals surface area (Å²) in [5.74, 6) is -0.109. The number of fused-ring (bicyclic) bond motifs is 1. The van der Waals surface area contributed by atoms with E-state index in [4.69, 9.17) is 9.47 Å². The van der Waals surface area contributed by atoms with E-state index in [1.54, 1.807) is 12.1 Å². The minimum atomic E-state index is -0.841. The topological polar surface area (TPSA) is 59.0 Å². The molecule has 0 saturated carbocycles. The Morgan fingerprint density at radius 1 is 1.24 bits per heavy atom. The second-order valence-corrected chi connectivity index (χ2v) is 4.94. The summed E-state index contributed by atoms with van der Waals surface area (Å²) in [6.07, 6.45) is 0.347. The highest BCUT2D eigenvalue weighted by molar-refractivity contribution is 5.98. The lowest BCUT2D eigenvalue weighted by molar-refractivity contribution is -0.140. The lowest BCUT2D eigenvalue weighted by Gasteiger charge is -2.22. The van der Waals surface area contributed by atoms with Crippen molar-refractivity contribution in [1.82, 2.24) is 4.90 Å². The smallest absolute Gasteiger partial charge is 0.256 e. The summed E-state index contributed by atoms with van der Waals surface area (Å²) in [4.78, 5) is 13.7. The van der Waals surface area contributed by atoms with Gasteiger partial charge in [0.1, 0.15) is 0 Å². The van der Waals surface area contributed by atoms with Gasteiger partial charge < -0.3 is 19.5 Å². The van der Waals surface area contributed by atoms with Gasteiger partial charge in [-0.3, -0.25) is 4.79 Å². The Hall–Kier alpha value is -1.43. The van der Waals surface area contributed by atoms with Crippen LogP contribution in [0, 0.1) is 0 Å². The van der Waals surface area contributed by atoms with Gasteiger partial charge in [0.2, 0.25) is 0 Å². The van der Waals surface area contributed by atoms with Crippen molar-refractivity contribution in [3.05, 3.63) is 35.4 Å². The highest BCUT2D eigenvalue weighted by Gasteiger charge is 2.34. The molecule has 1 aromatic rings. The molecule has 1 aliphatic heterocycles. The van der Waals surface area contributed by atoms with Crippen LogP contribution in [0.2, 0.25) is 0 Å². The van der Waals surface area contributed by atoms with Gasteiger partial charge >= 0.3 is 0 Å². The molecule has 1 heterocycles. The second kappa shape index (κ2) is 7.54. The van der Waals surface area contributed by atoms with Crippen LogP contribution in [-0.4, -0.2) is 42.0 Å². The third-order valence-electron chi connectivity index (χ3n) is 3.57. The molecule has 0 fully saturated rings. The fraction of sp³-hybridized carbons (Fsp3) is 0.562. The van der Waals surface area contributed by atoms with E-state index in [0.29, 0.717) is 37.3 Å². The van der Waals surface area contributed by atoms with E-state index in [2.05, 4.69) is 0 Å². The summed E-state index contributed by atoms with van der Waals surface area (Å²) >= 11 is 0. The van der Waals surface area contributed by atoms with Crippen LogP contribution in [0.1, 0.15) is 48.8 Å². The average molecular weight is 293 g/mol. The van der Waals surface area contributed by atoms with Gasteiger partial charge in [0, 0.05) is 37.3 Å². The van der Waals surface area contributed by atoms with Crippen molar-refractivity contribution in [1.29, 1.82) is 0 Å². The lowest BCUT2D eigenvalue weighted by Crippen LogP contribution is -2.30. The molecule has 0 aromatic heterocycles. The van der Waals surface area contributed by atoms with Gasteiger partial charge in [-0.2, -0.15) is 0 Å². The molecule has 0 spiro atoms. The van der Waals surface area contributed by atoms with Gasteiger partial charge in [-0.15, -0.1) is 0 Å². The molecule has 0 radical (unpaired) electrons. The predicted octanol–water partition coefficient (Wildman–Crippen LogP) is 2.31. The number of hydrogen-bond donors (Lipinski definition) is 1. The Morgan fingerprint density at radius 2 is 1.90 bits per heavy atom. The molecule has 1 aliphatic rings. The molecule has 1 N–H and O–H groups in total. The highest BCUT2D eigenvalue weighted by Crippen LogP contribution is 2.31. The first-order chi connectivity index (χ1) is 10.2. The van der Waals surface area contributed by atoms with Crippen molar-refractivity contribution in [3.8, 4) is 0 Å². The predicted molar refractivity (Wildman–Crippen MR) is 78.7 cm³/mol. The van der Waals surface area contributed by atoms with Crippen LogP contribution in [0.3, 0.4) is 0 Å². The lowest BCUT2D eigenvalue weighted by atomic mass is 10.1. The van der Waals surface area contributed by atoms with E-state index in [1.807, 2.05) is 26.0 Å². The summed E-state index contributed by atoms with van der Waals surface area (Å²) in [7, 11) is 0. The molecule has 116 valence electrons. The van der Waals surface area contributed by atoms with Gasteiger partial charge in [-0.25, -0.2) is 0 Å². The van der Waals surface area contributed by atoms with Crippen LogP contribution in [0.25, 0.3) is 0 Å². The largest absolute Gasteiger partial charge is 0.369 e. The summed E-state index contributed by atoms with van der Waals surface area (Å²) < 4.78 is 10.9. The Morgan fingerprint density at radius 3 is 2.52 bits per heavy atom. The number of carbonyl (C=O) groups excluding carboxylic acids is 1. The number of aliphatic hydroxyl groups is 1. The van der Waals surface area contributed by atoms with Crippen LogP contribution in [-0.2, 0) is 9.47 Å². The van der Waals surface area contributed by atoms with E-state index < -0.39 is 6.23 Å². The van der Waals surface area contributed by atoms with E-state index in [9.17, 15) is 9.90 Å². The van der Waals surface area contributed by atoms with Crippen LogP contribution in [0.4, 0.5) is 0 Å². The zero-order valence-corrected chi connectivity index (χ0v) is 12.6. The maximum Gasteiger partial charge on any atom is 0.256 e. The standard InChI is InChI=1S/C16H23NO4/c1-3-20-14(21-4-2)10-7-11-17-15(18)12-8-5-6-9-13(12)16(17)19/h5-6,8-9,14-15,18H,3-4,7,10-11H2,1-2H3. The molecule has 0 saturated heterocycles. The molecular formula is C16H23NO4. The summed E-state index contributed by atoms with van der Waals surface area (Å²) in [5.41, 5.74) is 1.28. The SMILES string of the molecule is CCOC(CCCN1C(=O)c2ccccc2C1O)OCC. The second-order valence-electron chi connectivity index (χ2n) is 4.94. The normalized spacial score (nSPS) is 17.6. The number of aliphatic hydroxyl groups excluding tert-OH is 1. The molecule has 2 rings (SSSR count). The van der Waals surface area contributed by atoms with E-state index >= 15 is 0 Å². The first-order valence-corrected chi connectivity index (χ1v) is 7.50.